The highest BCUT2D eigenvalue weighted by molar-refractivity contribution is 5.84. The Morgan fingerprint density at radius 2 is 2.05 bits per heavy atom. The minimum absolute atomic E-state index is 0.0207. The first kappa shape index (κ1) is 15.3. The molecule has 6 heteroatoms. The summed E-state index contributed by atoms with van der Waals surface area (Å²) in [5, 5.41) is 9.02. The molecule has 0 radical (unpaired) electrons. The predicted octanol–water partition coefficient (Wildman–Crippen LogP) is 0.825. The summed E-state index contributed by atoms with van der Waals surface area (Å²) in [6.45, 7) is 3.41. The summed E-state index contributed by atoms with van der Waals surface area (Å²) in [7, 11) is 0. The van der Waals surface area contributed by atoms with Crippen molar-refractivity contribution in [2.24, 2.45) is 0 Å². The van der Waals surface area contributed by atoms with Crippen molar-refractivity contribution < 1.29 is 19.4 Å². The molecule has 1 saturated heterocycles. The number of hydrogen-bond acceptors (Lipinski definition) is 4. The molecule has 21 heavy (non-hydrogen) atoms. The Labute approximate surface area is 123 Å². The minimum atomic E-state index is -0.956. The Hall–Kier alpha value is -2.08. The first-order chi connectivity index (χ1) is 10.1. The number of ether oxygens (including phenoxy) is 1. The van der Waals surface area contributed by atoms with Gasteiger partial charge >= 0.3 is 5.97 Å². The summed E-state index contributed by atoms with van der Waals surface area (Å²) >= 11 is 0. The van der Waals surface area contributed by atoms with Crippen LogP contribution in [0, 0.1) is 0 Å². The molecule has 6 nitrogen and oxygen atoms in total. The summed E-state index contributed by atoms with van der Waals surface area (Å²) in [5.74, 6) is -1.03. The van der Waals surface area contributed by atoms with Crippen molar-refractivity contribution in [3.05, 3.63) is 30.3 Å². The molecule has 1 N–H and O–H groups in total. The zero-order chi connectivity index (χ0) is 15.2. The highest BCUT2D eigenvalue weighted by Gasteiger charge is 2.24. The van der Waals surface area contributed by atoms with Gasteiger partial charge in [-0.2, -0.15) is 0 Å². The van der Waals surface area contributed by atoms with E-state index in [1.165, 1.54) is 0 Å². The maximum atomic E-state index is 12.3. The van der Waals surface area contributed by atoms with E-state index in [0.717, 1.165) is 5.69 Å². The molecule has 1 heterocycles. The lowest BCUT2D eigenvalue weighted by molar-refractivity contribution is -0.137. The molecule has 1 aromatic carbocycles. The fraction of sp³-hybridized carbons (Fsp3) is 0.467. The fourth-order valence-electron chi connectivity index (χ4n) is 2.35. The molecule has 2 rings (SSSR count). The summed E-state index contributed by atoms with van der Waals surface area (Å²) in [5.41, 5.74) is 0.731. The first-order valence-electron chi connectivity index (χ1n) is 6.97. The number of aliphatic carboxylic acids is 1. The van der Waals surface area contributed by atoms with Crippen LogP contribution in [0.5, 0.6) is 0 Å². The van der Waals surface area contributed by atoms with Crippen LogP contribution in [0.25, 0.3) is 0 Å². The molecule has 0 saturated carbocycles. The van der Waals surface area contributed by atoms with E-state index in [9.17, 15) is 9.59 Å². The van der Waals surface area contributed by atoms with Gasteiger partial charge in [-0.3, -0.25) is 9.59 Å². The van der Waals surface area contributed by atoms with Gasteiger partial charge in [0.1, 0.15) is 6.54 Å². The van der Waals surface area contributed by atoms with E-state index in [0.29, 0.717) is 19.7 Å². The average molecular weight is 292 g/mol. The van der Waals surface area contributed by atoms with Crippen LogP contribution in [0.2, 0.25) is 0 Å². The third-order valence-corrected chi connectivity index (χ3v) is 3.37. The van der Waals surface area contributed by atoms with Gasteiger partial charge in [0.2, 0.25) is 5.91 Å². The number of carboxylic acids is 1. The number of nitrogens with zero attached hydrogens (tertiary/aromatic N) is 2. The van der Waals surface area contributed by atoms with Crippen molar-refractivity contribution in [2.75, 3.05) is 37.7 Å². The summed E-state index contributed by atoms with van der Waals surface area (Å²) in [4.78, 5) is 26.7. The summed E-state index contributed by atoms with van der Waals surface area (Å²) in [6, 6.07) is 9.11. The number of carboxylic acid groups (broad SMARTS) is 1. The normalized spacial score (nSPS) is 18.3. The Kier molecular flexibility index (Phi) is 5.16. The van der Waals surface area contributed by atoms with Crippen LogP contribution in [0.15, 0.2) is 30.3 Å². The second-order valence-corrected chi connectivity index (χ2v) is 5.11. The molecule has 0 aromatic heterocycles. The second-order valence-electron chi connectivity index (χ2n) is 5.11. The monoisotopic (exact) mass is 292 g/mol. The Bertz CT molecular complexity index is 492. The number of para-hydroxylation sites is 1. The number of morpholine rings is 1. The maximum Gasteiger partial charge on any atom is 0.323 e. The first-order valence-corrected chi connectivity index (χ1v) is 6.97. The van der Waals surface area contributed by atoms with Gasteiger partial charge in [0.25, 0.3) is 0 Å². The van der Waals surface area contributed by atoms with E-state index in [-0.39, 0.29) is 25.1 Å². The number of hydrogen-bond donors (Lipinski definition) is 1. The van der Waals surface area contributed by atoms with Gasteiger partial charge in [-0.25, -0.2) is 0 Å². The highest BCUT2D eigenvalue weighted by Crippen LogP contribution is 2.14. The minimum Gasteiger partial charge on any atom is -0.480 e. The molecule has 0 aliphatic carbocycles. The van der Waals surface area contributed by atoms with Crippen LogP contribution in [0.4, 0.5) is 5.69 Å². The number of carbonyl (C=O) groups excluding carboxylic acids is 1. The van der Waals surface area contributed by atoms with Gasteiger partial charge < -0.3 is 19.6 Å². The molecule has 1 amide bonds. The quantitative estimate of drug-likeness (QED) is 0.870. The zero-order valence-corrected chi connectivity index (χ0v) is 12.1. The van der Waals surface area contributed by atoms with Crippen molar-refractivity contribution in [3.8, 4) is 0 Å². The standard InChI is InChI=1S/C15H20N2O4/c1-12-9-16(7-8-21-12)14(18)10-17(11-15(19)20)13-5-3-2-4-6-13/h2-6,12H,7-11H2,1H3,(H,19,20). The van der Waals surface area contributed by atoms with Gasteiger partial charge in [-0.1, -0.05) is 18.2 Å². The van der Waals surface area contributed by atoms with Crippen molar-refractivity contribution >= 4 is 17.6 Å². The second kappa shape index (κ2) is 7.08. The molecule has 1 unspecified atom stereocenters. The van der Waals surface area contributed by atoms with Crippen LogP contribution >= 0.6 is 0 Å². The van der Waals surface area contributed by atoms with Gasteiger partial charge in [-0.15, -0.1) is 0 Å². The number of rotatable bonds is 5. The lowest BCUT2D eigenvalue weighted by atomic mass is 10.2. The maximum absolute atomic E-state index is 12.3. The molecule has 1 aromatic rings. The van der Waals surface area contributed by atoms with Crippen molar-refractivity contribution in [1.29, 1.82) is 0 Å². The van der Waals surface area contributed by atoms with E-state index in [2.05, 4.69) is 0 Å². The van der Waals surface area contributed by atoms with Gasteiger partial charge in [0.15, 0.2) is 0 Å². The molecular formula is C15H20N2O4. The number of amides is 1. The molecule has 0 bridgehead atoms. The average Bonchev–Trinajstić information content (AvgIpc) is 2.47. The van der Waals surface area contributed by atoms with E-state index in [4.69, 9.17) is 9.84 Å². The van der Waals surface area contributed by atoms with Crippen molar-refractivity contribution in [3.63, 3.8) is 0 Å². The van der Waals surface area contributed by atoms with Crippen molar-refractivity contribution in [2.45, 2.75) is 13.0 Å². The highest BCUT2D eigenvalue weighted by atomic mass is 16.5. The van der Waals surface area contributed by atoms with E-state index >= 15 is 0 Å². The Morgan fingerprint density at radius 3 is 2.67 bits per heavy atom. The molecule has 114 valence electrons. The van der Waals surface area contributed by atoms with Crippen LogP contribution in [-0.4, -0.2) is 60.8 Å². The molecular weight excluding hydrogens is 272 g/mol. The van der Waals surface area contributed by atoms with E-state index < -0.39 is 5.97 Å². The molecule has 0 spiro atoms. The lowest BCUT2D eigenvalue weighted by Crippen LogP contribution is -2.49. The van der Waals surface area contributed by atoms with E-state index in [1.54, 1.807) is 21.9 Å². The van der Waals surface area contributed by atoms with Crippen LogP contribution in [0.1, 0.15) is 6.92 Å². The largest absolute Gasteiger partial charge is 0.480 e. The predicted molar refractivity (Wildman–Crippen MR) is 78.3 cm³/mol. The van der Waals surface area contributed by atoms with Gasteiger partial charge in [0, 0.05) is 18.8 Å². The molecule has 1 aliphatic heterocycles. The third kappa shape index (κ3) is 4.46. The zero-order valence-electron chi connectivity index (χ0n) is 12.1. The number of carbonyl (C=O) groups is 2. The van der Waals surface area contributed by atoms with Crippen molar-refractivity contribution in [1.82, 2.24) is 4.90 Å². The summed E-state index contributed by atoms with van der Waals surface area (Å²) in [6.07, 6.45) is 0.0207. The number of anilines is 1. The number of benzene rings is 1. The SMILES string of the molecule is CC1CN(C(=O)CN(CC(=O)O)c2ccccc2)CCO1. The molecule has 1 fully saturated rings. The molecule has 1 atom stereocenters. The lowest BCUT2D eigenvalue weighted by Gasteiger charge is -2.33. The molecule has 1 aliphatic rings. The van der Waals surface area contributed by atoms with Crippen LogP contribution in [0.3, 0.4) is 0 Å². The Morgan fingerprint density at radius 1 is 1.33 bits per heavy atom. The summed E-state index contributed by atoms with van der Waals surface area (Å²) < 4.78 is 5.41. The van der Waals surface area contributed by atoms with E-state index in [1.807, 2.05) is 25.1 Å². The fourth-order valence-corrected chi connectivity index (χ4v) is 2.35. The topological polar surface area (TPSA) is 70.1 Å². The van der Waals surface area contributed by atoms with Crippen LogP contribution < -0.4 is 4.90 Å². The Balaban J connectivity index is 2.04. The van der Waals surface area contributed by atoms with Crippen LogP contribution in [-0.2, 0) is 14.3 Å². The smallest absolute Gasteiger partial charge is 0.323 e. The van der Waals surface area contributed by atoms with Gasteiger partial charge in [0.05, 0.1) is 19.3 Å². The van der Waals surface area contributed by atoms with Gasteiger partial charge in [-0.05, 0) is 19.1 Å². The third-order valence-electron chi connectivity index (χ3n) is 3.37.